The molecule has 4 N–H and O–H groups in total. The van der Waals surface area contributed by atoms with Gasteiger partial charge in [-0.05, 0) is 36.8 Å². The quantitative estimate of drug-likeness (QED) is 0.295. The maximum Gasteiger partial charge on any atom is 0.333 e. The third kappa shape index (κ3) is 5.64. The van der Waals surface area contributed by atoms with Crippen LogP contribution in [0.5, 0.6) is 0 Å². The van der Waals surface area contributed by atoms with Crippen LogP contribution in [0.2, 0.25) is 0 Å². The standard InChI is InChI=1S/C17H19N6O4PS/c1-2-18-17(24)23(29)15-8-7-13-16(22-15)21-14(9-19-13)20-12-5-3-11(4-6-12)10-28(25,26)27/h3-9,29H,2,10H2,1H3,(H,18,24)(H,20,21,22)(H2,25,26,27). The Hall–Kier alpha value is -2.72. The molecule has 0 aliphatic heterocycles. The van der Waals surface area contributed by atoms with Crippen molar-refractivity contribution in [2.75, 3.05) is 16.2 Å². The molecule has 10 nitrogen and oxygen atoms in total. The molecule has 0 aliphatic carbocycles. The zero-order chi connectivity index (χ0) is 21.0. The molecule has 29 heavy (non-hydrogen) atoms. The van der Waals surface area contributed by atoms with Crippen molar-refractivity contribution in [1.82, 2.24) is 20.3 Å². The highest BCUT2D eigenvalue weighted by atomic mass is 32.1. The average Bonchev–Trinajstić information content (AvgIpc) is 2.67. The van der Waals surface area contributed by atoms with Crippen molar-refractivity contribution >= 4 is 54.9 Å². The van der Waals surface area contributed by atoms with Gasteiger partial charge in [0.15, 0.2) is 11.5 Å². The molecule has 3 rings (SSSR count). The molecule has 2 heterocycles. The number of anilines is 3. The van der Waals surface area contributed by atoms with E-state index < -0.39 is 13.6 Å². The molecule has 0 bridgehead atoms. The van der Waals surface area contributed by atoms with Crippen molar-refractivity contribution in [3.63, 3.8) is 0 Å². The summed E-state index contributed by atoms with van der Waals surface area (Å²) in [5, 5.41) is 5.69. The number of nitrogens with one attached hydrogen (secondary N) is 2. The molecule has 2 amide bonds. The lowest BCUT2D eigenvalue weighted by Crippen LogP contribution is -2.34. The van der Waals surface area contributed by atoms with Crippen LogP contribution in [0.25, 0.3) is 11.2 Å². The summed E-state index contributed by atoms with van der Waals surface area (Å²) in [5.41, 5.74) is 2.07. The molecule has 0 saturated carbocycles. The highest BCUT2D eigenvalue weighted by molar-refractivity contribution is 7.82. The molecule has 1 aromatic carbocycles. The molecule has 0 radical (unpaired) electrons. The maximum absolute atomic E-state index is 11.9. The van der Waals surface area contributed by atoms with Crippen LogP contribution in [0.3, 0.4) is 0 Å². The van der Waals surface area contributed by atoms with Crippen molar-refractivity contribution in [3.8, 4) is 0 Å². The van der Waals surface area contributed by atoms with Gasteiger partial charge in [-0.1, -0.05) is 24.9 Å². The molecular formula is C17H19N6O4PS. The van der Waals surface area contributed by atoms with Gasteiger partial charge in [0.05, 0.1) is 12.4 Å². The Morgan fingerprint density at radius 3 is 2.55 bits per heavy atom. The van der Waals surface area contributed by atoms with Gasteiger partial charge in [-0.2, -0.15) is 0 Å². The largest absolute Gasteiger partial charge is 0.339 e. The van der Waals surface area contributed by atoms with Gasteiger partial charge in [-0.25, -0.2) is 24.1 Å². The summed E-state index contributed by atoms with van der Waals surface area (Å²) in [6.07, 6.45) is 1.22. The van der Waals surface area contributed by atoms with Gasteiger partial charge in [0.2, 0.25) is 0 Å². The number of hydrogen-bond acceptors (Lipinski definition) is 7. The van der Waals surface area contributed by atoms with Gasteiger partial charge in [0.25, 0.3) is 0 Å². The van der Waals surface area contributed by atoms with Gasteiger partial charge in [0.1, 0.15) is 11.3 Å². The molecule has 0 fully saturated rings. The average molecular weight is 434 g/mol. The first-order valence-corrected chi connectivity index (χ1v) is 10.8. The Labute approximate surface area is 172 Å². The minimum atomic E-state index is -4.11. The second-order valence-electron chi connectivity index (χ2n) is 6.06. The number of hydrogen-bond donors (Lipinski definition) is 5. The minimum absolute atomic E-state index is 0.306. The number of pyridine rings is 1. The highest BCUT2D eigenvalue weighted by Gasteiger charge is 2.15. The number of thiol groups is 1. The number of nitrogens with zero attached hydrogens (tertiary/aromatic N) is 4. The Bertz CT molecular complexity index is 1080. The summed E-state index contributed by atoms with van der Waals surface area (Å²) in [6.45, 7) is 2.26. The Morgan fingerprint density at radius 1 is 1.17 bits per heavy atom. The Kier molecular flexibility index (Phi) is 6.33. The molecule has 12 heteroatoms. The van der Waals surface area contributed by atoms with E-state index in [2.05, 4.69) is 38.4 Å². The third-order valence-electron chi connectivity index (χ3n) is 3.74. The number of urea groups is 1. The number of rotatable bonds is 6. The van der Waals surface area contributed by atoms with Crippen molar-refractivity contribution in [3.05, 3.63) is 48.2 Å². The van der Waals surface area contributed by atoms with Crippen molar-refractivity contribution in [2.24, 2.45) is 0 Å². The number of fused-ring (bicyclic) bond motifs is 1. The van der Waals surface area contributed by atoms with E-state index in [4.69, 9.17) is 9.79 Å². The van der Waals surface area contributed by atoms with Crippen LogP contribution >= 0.6 is 20.4 Å². The van der Waals surface area contributed by atoms with Crippen molar-refractivity contribution in [1.29, 1.82) is 0 Å². The maximum atomic E-state index is 11.9. The summed E-state index contributed by atoms with van der Waals surface area (Å²) in [6, 6.07) is 9.52. The van der Waals surface area contributed by atoms with Crippen LogP contribution in [0.4, 0.5) is 22.1 Å². The monoisotopic (exact) mass is 434 g/mol. The van der Waals surface area contributed by atoms with E-state index in [1.807, 2.05) is 0 Å². The summed E-state index contributed by atoms with van der Waals surface area (Å²) in [4.78, 5) is 43.0. The van der Waals surface area contributed by atoms with Crippen LogP contribution in [0, 0.1) is 0 Å². The second kappa shape index (κ2) is 8.75. The normalized spacial score (nSPS) is 11.3. The molecular weight excluding hydrogens is 415 g/mol. The highest BCUT2D eigenvalue weighted by Crippen LogP contribution is 2.39. The molecule has 0 saturated heterocycles. The number of aromatic nitrogens is 3. The van der Waals surface area contributed by atoms with Crippen molar-refractivity contribution in [2.45, 2.75) is 13.1 Å². The predicted octanol–water partition coefficient (Wildman–Crippen LogP) is 2.83. The lowest BCUT2D eigenvalue weighted by molar-refractivity contribution is 0.250. The van der Waals surface area contributed by atoms with Crippen LogP contribution in [0.1, 0.15) is 12.5 Å². The SMILES string of the molecule is CCNC(=O)N(S)c1ccc2ncc(Nc3ccc(CP(=O)(O)O)cc3)nc2n1. The first-order valence-electron chi connectivity index (χ1n) is 8.56. The number of carbonyl (C=O) groups is 1. The summed E-state index contributed by atoms with van der Waals surface area (Å²) >= 11 is 4.16. The molecule has 0 atom stereocenters. The van der Waals surface area contributed by atoms with E-state index in [9.17, 15) is 9.36 Å². The van der Waals surface area contributed by atoms with Gasteiger partial charge >= 0.3 is 13.6 Å². The summed E-state index contributed by atoms with van der Waals surface area (Å²) < 4.78 is 12.2. The fourth-order valence-corrected chi connectivity index (χ4v) is 3.34. The Morgan fingerprint density at radius 2 is 1.90 bits per heavy atom. The zero-order valence-electron chi connectivity index (χ0n) is 15.3. The van der Waals surface area contributed by atoms with Crippen molar-refractivity contribution < 1.29 is 19.1 Å². The van der Waals surface area contributed by atoms with Crippen LogP contribution in [0.15, 0.2) is 42.6 Å². The van der Waals surface area contributed by atoms with Crippen LogP contribution in [-0.2, 0) is 10.7 Å². The van der Waals surface area contributed by atoms with E-state index in [1.165, 1.54) is 6.20 Å². The minimum Gasteiger partial charge on any atom is -0.339 e. The molecule has 0 unspecified atom stereocenters. The lowest BCUT2D eigenvalue weighted by Gasteiger charge is -2.15. The fraction of sp³-hybridized carbons (Fsp3) is 0.176. The molecule has 2 aromatic heterocycles. The third-order valence-corrected chi connectivity index (χ3v) is 4.91. The van der Waals surface area contributed by atoms with E-state index in [0.717, 1.165) is 4.31 Å². The van der Waals surface area contributed by atoms with Crippen LogP contribution in [-0.4, -0.2) is 37.3 Å². The summed E-state index contributed by atoms with van der Waals surface area (Å²) in [7, 11) is -4.11. The van der Waals surface area contributed by atoms with E-state index in [0.29, 0.717) is 40.6 Å². The van der Waals surface area contributed by atoms with Gasteiger partial charge in [0, 0.05) is 12.2 Å². The van der Waals surface area contributed by atoms with E-state index >= 15 is 0 Å². The molecule has 0 spiro atoms. The zero-order valence-corrected chi connectivity index (χ0v) is 17.1. The first-order chi connectivity index (χ1) is 13.7. The van der Waals surface area contributed by atoms with E-state index in [1.54, 1.807) is 43.3 Å². The molecule has 152 valence electrons. The molecule has 0 aliphatic rings. The van der Waals surface area contributed by atoms with Gasteiger partial charge in [-0.15, -0.1) is 0 Å². The second-order valence-corrected chi connectivity index (χ2v) is 8.11. The van der Waals surface area contributed by atoms with Gasteiger partial charge < -0.3 is 20.4 Å². The number of benzene rings is 1. The number of carbonyl (C=O) groups excluding carboxylic acids is 1. The number of amides is 2. The predicted molar refractivity (Wildman–Crippen MR) is 113 cm³/mol. The Balaban J connectivity index is 1.79. The lowest BCUT2D eigenvalue weighted by atomic mass is 10.2. The summed E-state index contributed by atoms with van der Waals surface area (Å²) in [5.74, 6) is 0.730. The smallest absolute Gasteiger partial charge is 0.333 e. The van der Waals surface area contributed by atoms with Crippen LogP contribution < -0.4 is 14.9 Å². The molecule has 3 aromatic rings. The fourth-order valence-electron chi connectivity index (χ4n) is 2.48. The van der Waals surface area contributed by atoms with Gasteiger partial charge in [-0.3, -0.25) is 4.57 Å². The van der Waals surface area contributed by atoms with E-state index in [-0.39, 0.29) is 6.16 Å². The topological polar surface area (TPSA) is 141 Å². The first kappa shape index (κ1) is 21.0.